The first-order chi connectivity index (χ1) is 10.1. The lowest BCUT2D eigenvalue weighted by molar-refractivity contribution is 0.205. The maximum Gasteiger partial charge on any atom is 0.167 e. The van der Waals surface area contributed by atoms with Crippen molar-refractivity contribution in [2.24, 2.45) is 0 Å². The normalized spacial score (nSPS) is 12.2. The lowest BCUT2D eigenvalue weighted by Crippen LogP contribution is -2.13. The molecular formula is C17H28FNO2. The van der Waals surface area contributed by atoms with Crippen molar-refractivity contribution in [3.8, 4) is 11.5 Å². The van der Waals surface area contributed by atoms with Gasteiger partial charge in [0.15, 0.2) is 11.6 Å². The van der Waals surface area contributed by atoms with Crippen molar-refractivity contribution >= 4 is 5.69 Å². The highest BCUT2D eigenvalue weighted by molar-refractivity contribution is 5.56. The average Bonchev–Trinajstić information content (AvgIpc) is 2.45. The van der Waals surface area contributed by atoms with Crippen LogP contribution in [0.15, 0.2) is 12.1 Å². The molecule has 1 unspecified atom stereocenters. The predicted octanol–water partition coefficient (Wildman–Crippen LogP) is 4.93. The van der Waals surface area contributed by atoms with Crippen LogP contribution in [-0.4, -0.2) is 12.7 Å². The Morgan fingerprint density at radius 1 is 1.10 bits per heavy atom. The summed E-state index contributed by atoms with van der Waals surface area (Å²) >= 11 is 0. The molecule has 0 aromatic heterocycles. The van der Waals surface area contributed by atoms with E-state index in [1.807, 2.05) is 13.8 Å². The number of hydrogen-bond acceptors (Lipinski definition) is 3. The summed E-state index contributed by atoms with van der Waals surface area (Å²) in [5.74, 6) is 0.272. The Morgan fingerprint density at radius 3 is 2.52 bits per heavy atom. The Bertz CT molecular complexity index is 423. The maximum absolute atomic E-state index is 13.7. The van der Waals surface area contributed by atoms with E-state index < -0.39 is 5.82 Å². The van der Waals surface area contributed by atoms with Gasteiger partial charge in [-0.2, -0.15) is 0 Å². The molecule has 0 bridgehead atoms. The topological polar surface area (TPSA) is 44.5 Å². The van der Waals surface area contributed by atoms with Crippen molar-refractivity contribution in [1.82, 2.24) is 0 Å². The van der Waals surface area contributed by atoms with Crippen LogP contribution in [0.4, 0.5) is 10.1 Å². The minimum atomic E-state index is -0.441. The largest absolute Gasteiger partial charge is 0.490 e. The third kappa shape index (κ3) is 6.23. The molecule has 0 aliphatic rings. The van der Waals surface area contributed by atoms with Gasteiger partial charge in [0.25, 0.3) is 0 Å². The van der Waals surface area contributed by atoms with Gasteiger partial charge in [-0.3, -0.25) is 0 Å². The Hall–Kier alpha value is -1.45. The van der Waals surface area contributed by atoms with Crippen molar-refractivity contribution in [2.45, 2.75) is 65.4 Å². The van der Waals surface area contributed by atoms with Crippen LogP contribution in [0.3, 0.4) is 0 Å². The molecule has 21 heavy (non-hydrogen) atoms. The van der Waals surface area contributed by atoms with Gasteiger partial charge < -0.3 is 15.2 Å². The van der Waals surface area contributed by atoms with E-state index in [2.05, 4.69) is 6.92 Å². The number of anilines is 1. The fourth-order valence-corrected chi connectivity index (χ4v) is 2.11. The Labute approximate surface area is 127 Å². The van der Waals surface area contributed by atoms with Crippen molar-refractivity contribution in [3.63, 3.8) is 0 Å². The van der Waals surface area contributed by atoms with Gasteiger partial charge in [0.1, 0.15) is 5.75 Å². The first-order valence-electron chi connectivity index (χ1n) is 7.96. The molecule has 1 aromatic carbocycles. The van der Waals surface area contributed by atoms with Gasteiger partial charge in [-0.15, -0.1) is 0 Å². The van der Waals surface area contributed by atoms with E-state index in [1.165, 1.54) is 25.3 Å². The summed E-state index contributed by atoms with van der Waals surface area (Å²) in [5, 5.41) is 0. The summed E-state index contributed by atoms with van der Waals surface area (Å²) in [4.78, 5) is 0. The monoisotopic (exact) mass is 297 g/mol. The summed E-state index contributed by atoms with van der Waals surface area (Å²) in [5.41, 5.74) is 6.14. The number of halogens is 1. The highest BCUT2D eigenvalue weighted by Crippen LogP contribution is 2.31. The summed E-state index contributed by atoms with van der Waals surface area (Å²) in [7, 11) is 0. The van der Waals surface area contributed by atoms with E-state index in [0.717, 1.165) is 19.3 Å². The highest BCUT2D eigenvalue weighted by atomic mass is 19.1. The smallest absolute Gasteiger partial charge is 0.167 e. The predicted molar refractivity (Wildman–Crippen MR) is 85.4 cm³/mol. The van der Waals surface area contributed by atoms with Gasteiger partial charge in [-0.1, -0.05) is 33.1 Å². The van der Waals surface area contributed by atoms with Crippen molar-refractivity contribution < 1.29 is 13.9 Å². The standard InChI is InChI=1S/C17H28FNO2/c1-4-6-7-8-9-13(3)21-17-12-16(20-10-5-2)14(18)11-15(17)19/h11-13H,4-10,19H2,1-3H3. The fraction of sp³-hybridized carbons (Fsp3) is 0.647. The first kappa shape index (κ1) is 17.6. The van der Waals surface area contributed by atoms with Gasteiger partial charge >= 0.3 is 0 Å². The zero-order valence-corrected chi connectivity index (χ0v) is 13.5. The van der Waals surface area contributed by atoms with E-state index in [9.17, 15) is 4.39 Å². The van der Waals surface area contributed by atoms with E-state index in [0.29, 0.717) is 18.0 Å². The van der Waals surface area contributed by atoms with Crippen LogP contribution in [0, 0.1) is 5.82 Å². The number of ether oxygens (including phenoxy) is 2. The lowest BCUT2D eigenvalue weighted by Gasteiger charge is -2.17. The molecule has 2 N–H and O–H groups in total. The van der Waals surface area contributed by atoms with Crippen LogP contribution < -0.4 is 15.2 Å². The summed E-state index contributed by atoms with van der Waals surface area (Å²) in [6, 6.07) is 2.83. The van der Waals surface area contributed by atoms with Gasteiger partial charge in [0.2, 0.25) is 0 Å². The molecule has 4 heteroatoms. The molecule has 0 aliphatic carbocycles. The first-order valence-corrected chi connectivity index (χ1v) is 7.96. The van der Waals surface area contributed by atoms with Crippen LogP contribution in [0.25, 0.3) is 0 Å². The van der Waals surface area contributed by atoms with Crippen LogP contribution in [0.1, 0.15) is 59.3 Å². The zero-order chi connectivity index (χ0) is 15.7. The molecule has 0 saturated carbocycles. The summed E-state index contributed by atoms with van der Waals surface area (Å²) in [6.45, 7) is 6.66. The summed E-state index contributed by atoms with van der Waals surface area (Å²) < 4.78 is 24.9. The third-order valence-corrected chi connectivity index (χ3v) is 3.32. The number of hydrogen-bond donors (Lipinski definition) is 1. The van der Waals surface area contributed by atoms with Gasteiger partial charge in [-0.25, -0.2) is 4.39 Å². The molecule has 120 valence electrons. The molecule has 0 spiro atoms. The van der Waals surface area contributed by atoms with Crippen LogP contribution in [0.5, 0.6) is 11.5 Å². The quantitative estimate of drug-likeness (QED) is 0.491. The fourth-order valence-electron chi connectivity index (χ4n) is 2.11. The molecule has 0 heterocycles. The molecule has 1 atom stereocenters. The Morgan fingerprint density at radius 2 is 1.86 bits per heavy atom. The van der Waals surface area contributed by atoms with Crippen molar-refractivity contribution in [3.05, 3.63) is 17.9 Å². The molecule has 1 aromatic rings. The Balaban J connectivity index is 2.60. The molecular weight excluding hydrogens is 269 g/mol. The van der Waals surface area contributed by atoms with Crippen LogP contribution in [0.2, 0.25) is 0 Å². The molecule has 1 rings (SSSR count). The van der Waals surface area contributed by atoms with Crippen LogP contribution in [-0.2, 0) is 0 Å². The van der Waals surface area contributed by atoms with Crippen molar-refractivity contribution in [1.29, 1.82) is 0 Å². The summed E-state index contributed by atoms with van der Waals surface area (Å²) in [6.07, 6.45) is 6.69. The second-order valence-corrected chi connectivity index (χ2v) is 5.45. The molecule has 0 radical (unpaired) electrons. The number of rotatable bonds is 10. The molecule has 0 aliphatic heterocycles. The molecule has 0 fully saturated rings. The van der Waals surface area contributed by atoms with Crippen LogP contribution >= 0.6 is 0 Å². The number of unbranched alkanes of at least 4 members (excludes halogenated alkanes) is 3. The Kier molecular flexibility index (Phi) is 7.95. The third-order valence-electron chi connectivity index (χ3n) is 3.32. The number of nitrogens with two attached hydrogens (primary N) is 1. The molecule has 3 nitrogen and oxygen atoms in total. The van der Waals surface area contributed by atoms with Gasteiger partial charge in [0, 0.05) is 12.1 Å². The maximum atomic E-state index is 13.7. The van der Waals surface area contributed by atoms with E-state index in [4.69, 9.17) is 15.2 Å². The van der Waals surface area contributed by atoms with Gasteiger partial charge in [-0.05, 0) is 26.2 Å². The molecule has 0 saturated heterocycles. The zero-order valence-electron chi connectivity index (χ0n) is 13.5. The SMILES string of the molecule is CCCCCCC(C)Oc1cc(OCCC)c(F)cc1N. The number of benzene rings is 1. The minimum absolute atomic E-state index is 0.0636. The second kappa shape index (κ2) is 9.48. The lowest BCUT2D eigenvalue weighted by atomic mass is 10.1. The van der Waals surface area contributed by atoms with Crippen molar-refractivity contribution in [2.75, 3.05) is 12.3 Å². The second-order valence-electron chi connectivity index (χ2n) is 5.45. The van der Waals surface area contributed by atoms with Gasteiger partial charge in [0.05, 0.1) is 18.4 Å². The van der Waals surface area contributed by atoms with E-state index in [-0.39, 0.29) is 11.9 Å². The van der Waals surface area contributed by atoms with E-state index >= 15 is 0 Å². The number of nitrogen functional groups attached to an aromatic ring is 1. The average molecular weight is 297 g/mol. The molecule has 0 amide bonds. The highest BCUT2D eigenvalue weighted by Gasteiger charge is 2.12. The minimum Gasteiger partial charge on any atom is -0.490 e. The van der Waals surface area contributed by atoms with E-state index in [1.54, 1.807) is 6.07 Å².